The van der Waals surface area contributed by atoms with Crippen LogP contribution in [-0.4, -0.2) is 27.1 Å². The van der Waals surface area contributed by atoms with Crippen LogP contribution >= 0.6 is 15.9 Å². The van der Waals surface area contributed by atoms with Crippen molar-refractivity contribution in [1.82, 2.24) is 0 Å². The van der Waals surface area contributed by atoms with Crippen LogP contribution < -0.4 is 14.4 Å². The van der Waals surface area contributed by atoms with E-state index in [0.717, 1.165) is 20.6 Å². The van der Waals surface area contributed by atoms with Gasteiger partial charge in [-0.25, -0.2) is 8.42 Å². The van der Waals surface area contributed by atoms with E-state index in [4.69, 9.17) is 4.74 Å². The van der Waals surface area contributed by atoms with Crippen LogP contribution in [-0.2, 0) is 14.8 Å². The Balaban J connectivity index is 1.80. The van der Waals surface area contributed by atoms with Gasteiger partial charge in [-0.2, -0.15) is 0 Å². The number of para-hydroxylation sites is 3. The second-order valence-electron chi connectivity index (χ2n) is 6.66. The molecule has 3 rings (SSSR count). The summed E-state index contributed by atoms with van der Waals surface area (Å²) in [6.45, 7) is 1.49. The summed E-state index contributed by atoms with van der Waals surface area (Å²) in [4.78, 5) is 12.7. The van der Waals surface area contributed by atoms with E-state index in [0.29, 0.717) is 22.9 Å². The van der Waals surface area contributed by atoms with Crippen molar-refractivity contribution in [2.75, 3.05) is 22.4 Å². The van der Waals surface area contributed by atoms with Crippen LogP contribution in [0.4, 0.5) is 11.4 Å². The molecule has 6 nitrogen and oxygen atoms in total. The molecule has 0 unspecified atom stereocenters. The summed E-state index contributed by atoms with van der Waals surface area (Å²) < 4.78 is 32.4. The van der Waals surface area contributed by atoms with E-state index in [1.807, 2.05) is 25.1 Å². The quantitative estimate of drug-likeness (QED) is 0.510. The standard InChI is InChI=1S/C22H21BrN2O4S/c1-16-14-17(12-13-19(16)23)25(30(2,27)28)15-22(26)24-20-10-6-7-11-21(20)29-18-8-4-3-5-9-18/h3-14H,15H2,1-2H3,(H,24,26). The van der Waals surface area contributed by atoms with E-state index >= 15 is 0 Å². The van der Waals surface area contributed by atoms with Gasteiger partial charge in [0.2, 0.25) is 15.9 Å². The Morgan fingerprint density at radius 3 is 2.37 bits per heavy atom. The predicted octanol–water partition coefficient (Wildman–Crippen LogP) is 4.95. The van der Waals surface area contributed by atoms with Crippen molar-refractivity contribution in [3.63, 3.8) is 0 Å². The van der Waals surface area contributed by atoms with Gasteiger partial charge < -0.3 is 10.1 Å². The molecule has 0 bridgehead atoms. The fourth-order valence-electron chi connectivity index (χ4n) is 2.78. The zero-order valence-electron chi connectivity index (χ0n) is 16.5. The highest BCUT2D eigenvalue weighted by Gasteiger charge is 2.22. The summed E-state index contributed by atoms with van der Waals surface area (Å²) in [7, 11) is -3.67. The maximum absolute atomic E-state index is 12.7. The van der Waals surface area contributed by atoms with Gasteiger partial charge in [0, 0.05) is 4.47 Å². The fraction of sp³-hybridized carbons (Fsp3) is 0.136. The number of ether oxygens (including phenoxy) is 1. The Morgan fingerprint density at radius 2 is 1.70 bits per heavy atom. The van der Waals surface area contributed by atoms with Gasteiger partial charge in [0.15, 0.2) is 5.75 Å². The largest absolute Gasteiger partial charge is 0.455 e. The minimum atomic E-state index is -3.67. The van der Waals surface area contributed by atoms with Gasteiger partial charge in [-0.05, 0) is 55.0 Å². The number of amides is 1. The molecule has 156 valence electrons. The van der Waals surface area contributed by atoms with Crippen molar-refractivity contribution in [1.29, 1.82) is 0 Å². The molecule has 0 saturated heterocycles. The lowest BCUT2D eigenvalue weighted by molar-refractivity contribution is -0.114. The highest BCUT2D eigenvalue weighted by Crippen LogP contribution is 2.29. The first-order valence-electron chi connectivity index (χ1n) is 9.09. The molecule has 0 saturated carbocycles. The van der Waals surface area contributed by atoms with Crippen LogP contribution in [0.25, 0.3) is 0 Å². The molecule has 0 aliphatic carbocycles. The van der Waals surface area contributed by atoms with Crippen molar-refractivity contribution < 1.29 is 17.9 Å². The Hall–Kier alpha value is -2.84. The smallest absolute Gasteiger partial charge is 0.245 e. The molecule has 30 heavy (non-hydrogen) atoms. The molecule has 0 aromatic heterocycles. The molecule has 3 aromatic rings. The van der Waals surface area contributed by atoms with E-state index in [2.05, 4.69) is 21.2 Å². The molecule has 0 heterocycles. The lowest BCUT2D eigenvalue weighted by atomic mass is 10.2. The second-order valence-corrected chi connectivity index (χ2v) is 9.42. The number of carbonyl (C=O) groups is 1. The van der Waals surface area contributed by atoms with Crippen LogP contribution in [0.2, 0.25) is 0 Å². The molecule has 3 aromatic carbocycles. The maximum Gasteiger partial charge on any atom is 0.245 e. The Labute approximate surface area is 184 Å². The Bertz CT molecular complexity index is 1150. The zero-order valence-corrected chi connectivity index (χ0v) is 18.9. The van der Waals surface area contributed by atoms with Crippen LogP contribution in [0.1, 0.15) is 5.56 Å². The number of benzene rings is 3. The highest BCUT2D eigenvalue weighted by atomic mass is 79.9. The van der Waals surface area contributed by atoms with Crippen LogP contribution in [0, 0.1) is 6.92 Å². The van der Waals surface area contributed by atoms with Crippen molar-refractivity contribution in [2.24, 2.45) is 0 Å². The van der Waals surface area contributed by atoms with Gasteiger partial charge in [0.05, 0.1) is 17.6 Å². The molecular formula is C22H21BrN2O4S. The minimum absolute atomic E-state index is 0.362. The predicted molar refractivity (Wildman–Crippen MR) is 123 cm³/mol. The number of anilines is 2. The van der Waals surface area contributed by atoms with Gasteiger partial charge in [0.1, 0.15) is 12.3 Å². The first-order chi connectivity index (χ1) is 14.2. The van der Waals surface area contributed by atoms with Gasteiger partial charge in [-0.3, -0.25) is 9.10 Å². The monoisotopic (exact) mass is 488 g/mol. The molecule has 0 spiro atoms. The fourth-order valence-corrected chi connectivity index (χ4v) is 3.87. The summed E-state index contributed by atoms with van der Waals surface area (Å²) in [5.74, 6) is 0.606. The minimum Gasteiger partial charge on any atom is -0.455 e. The van der Waals surface area contributed by atoms with E-state index in [9.17, 15) is 13.2 Å². The number of nitrogens with one attached hydrogen (secondary N) is 1. The number of rotatable bonds is 7. The van der Waals surface area contributed by atoms with Crippen molar-refractivity contribution >= 4 is 43.2 Å². The molecule has 0 radical (unpaired) electrons. The van der Waals surface area contributed by atoms with Crippen molar-refractivity contribution in [3.8, 4) is 11.5 Å². The van der Waals surface area contributed by atoms with E-state index in [-0.39, 0.29) is 6.54 Å². The summed E-state index contributed by atoms with van der Waals surface area (Å²) in [6, 6.07) is 21.3. The van der Waals surface area contributed by atoms with Gasteiger partial charge in [-0.1, -0.05) is 46.3 Å². The van der Waals surface area contributed by atoms with Crippen LogP contribution in [0.15, 0.2) is 77.3 Å². The number of nitrogens with zero attached hydrogens (tertiary/aromatic N) is 1. The highest BCUT2D eigenvalue weighted by molar-refractivity contribution is 9.10. The maximum atomic E-state index is 12.7. The Kier molecular flexibility index (Phi) is 6.79. The Morgan fingerprint density at radius 1 is 1.03 bits per heavy atom. The summed E-state index contributed by atoms with van der Waals surface area (Å²) in [5, 5.41) is 2.75. The lowest BCUT2D eigenvalue weighted by Gasteiger charge is -2.23. The normalized spacial score (nSPS) is 11.0. The number of halogens is 1. The first-order valence-corrected chi connectivity index (χ1v) is 11.7. The summed E-state index contributed by atoms with van der Waals surface area (Å²) in [6.07, 6.45) is 1.07. The average Bonchev–Trinajstić information content (AvgIpc) is 2.70. The number of hydrogen-bond donors (Lipinski definition) is 1. The summed E-state index contributed by atoms with van der Waals surface area (Å²) in [5.41, 5.74) is 1.73. The lowest BCUT2D eigenvalue weighted by Crippen LogP contribution is -2.37. The van der Waals surface area contributed by atoms with Crippen LogP contribution in [0.3, 0.4) is 0 Å². The molecule has 1 amide bonds. The third-order valence-electron chi connectivity index (χ3n) is 4.25. The average molecular weight is 489 g/mol. The number of carbonyl (C=O) groups excluding carboxylic acids is 1. The number of hydrogen-bond acceptors (Lipinski definition) is 4. The molecule has 0 aliphatic heterocycles. The van der Waals surface area contributed by atoms with Gasteiger partial charge in [0.25, 0.3) is 0 Å². The second kappa shape index (κ2) is 9.32. The SMILES string of the molecule is Cc1cc(N(CC(=O)Nc2ccccc2Oc2ccccc2)S(C)(=O)=O)ccc1Br. The van der Waals surface area contributed by atoms with E-state index < -0.39 is 15.9 Å². The topological polar surface area (TPSA) is 75.7 Å². The number of sulfonamides is 1. The van der Waals surface area contributed by atoms with E-state index in [1.165, 1.54) is 0 Å². The molecule has 8 heteroatoms. The van der Waals surface area contributed by atoms with Gasteiger partial charge in [-0.15, -0.1) is 0 Å². The molecule has 1 N–H and O–H groups in total. The van der Waals surface area contributed by atoms with Crippen LogP contribution in [0.5, 0.6) is 11.5 Å². The number of aryl methyl sites for hydroxylation is 1. The van der Waals surface area contributed by atoms with Crippen molar-refractivity contribution in [3.05, 3.63) is 82.8 Å². The molecular weight excluding hydrogens is 468 g/mol. The third kappa shape index (κ3) is 5.61. The molecule has 0 fully saturated rings. The zero-order chi connectivity index (χ0) is 21.7. The molecule has 0 aliphatic rings. The summed E-state index contributed by atoms with van der Waals surface area (Å²) >= 11 is 3.40. The first kappa shape index (κ1) is 21.9. The van der Waals surface area contributed by atoms with Gasteiger partial charge >= 0.3 is 0 Å². The van der Waals surface area contributed by atoms with Crippen molar-refractivity contribution in [2.45, 2.75) is 6.92 Å². The third-order valence-corrected chi connectivity index (χ3v) is 6.28. The molecule has 0 atom stereocenters. The van der Waals surface area contributed by atoms with E-state index in [1.54, 1.807) is 54.6 Å².